The average Bonchev–Trinajstić information content (AvgIpc) is 3.50. The second-order valence-electron chi connectivity index (χ2n) is 6.92. The van der Waals surface area contributed by atoms with Gasteiger partial charge in [0.05, 0.1) is 6.61 Å². The van der Waals surface area contributed by atoms with E-state index >= 15 is 0 Å². The fourth-order valence-corrected chi connectivity index (χ4v) is 3.38. The summed E-state index contributed by atoms with van der Waals surface area (Å²) in [7, 11) is 1.86. The highest BCUT2D eigenvalue weighted by Gasteiger charge is 2.45. The van der Waals surface area contributed by atoms with E-state index in [-0.39, 0.29) is 11.7 Å². The van der Waals surface area contributed by atoms with Crippen LogP contribution in [0.2, 0.25) is 0 Å². The van der Waals surface area contributed by atoms with Crippen molar-refractivity contribution in [2.45, 2.75) is 44.2 Å². The molecule has 1 amide bonds. The van der Waals surface area contributed by atoms with E-state index in [4.69, 9.17) is 4.74 Å². The highest BCUT2D eigenvalue weighted by atomic mass is 19.1. The molecule has 4 heteroatoms. The Balaban J connectivity index is 1.81. The van der Waals surface area contributed by atoms with Crippen LogP contribution in [-0.4, -0.2) is 30.5 Å². The second-order valence-corrected chi connectivity index (χ2v) is 6.92. The first-order chi connectivity index (χ1) is 12.6. The molecule has 3 nitrogen and oxygen atoms in total. The topological polar surface area (TPSA) is 29.5 Å². The molecule has 3 rings (SSSR count). The number of nitrogens with zero attached hydrogens (tertiary/aromatic N) is 1. The average molecular weight is 355 g/mol. The summed E-state index contributed by atoms with van der Waals surface area (Å²) >= 11 is 0. The van der Waals surface area contributed by atoms with Crippen molar-refractivity contribution < 1.29 is 13.9 Å². The number of likely N-dealkylation sites (N-methyl/N-ethyl adjacent to an activating group) is 1. The molecule has 1 fully saturated rings. The molecule has 0 aromatic heterocycles. The summed E-state index contributed by atoms with van der Waals surface area (Å²) in [5, 5.41) is 0. The zero-order valence-electron chi connectivity index (χ0n) is 15.5. The van der Waals surface area contributed by atoms with Gasteiger partial charge in [0.1, 0.15) is 5.82 Å². The smallest absolute Gasteiger partial charge is 0.259 e. The molecular weight excluding hydrogens is 329 g/mol. The van der Waals surface area contributed by atoms with Crippen LogP contribution in [0.5, 0.6) is 0 Å². The maximum absolute atomic E-state index is 13.4. The molecule has 138 valence electrons. The first-order valence-electron chi connectivity index (χ1n) is 9.28. The molecule has 0 aliphatic heterocycles. The fraction of sp³-hybridized carbons (Fsp3) is 0.409. The minimum atomic E-state index is -0.994. The zero-order chi connectivity index (χ0) is 18.6. The van der Waals surface area contributed by atoms with Gasteiger partial charge in [0.2, 0.25) is 0 Å². The number of halogens is 1. The summed E-state index contributed by atoms with van der Waals surface area (Å²) < 4.78 is 19.6. The largest absolute Gasteiger partial charge is 0.360 e. The highest BCUT2D eigenvalue weighted by Crippen LogP contribution is 2.36. The van der Waals surface area contributed by atoms with E-state index in [9.17, 15) is 9.18 Å². The molecule has 1 unspecified atom stereocenters. The summed E-state index contributed by atoms with van der Waals surface area (Å²) in [6.07, 6.45) is 3.23. The molecular formula is C22H26FNO2. The third kappa shape index (κ3) is 3.96. The van der Waals surface area contributed by atoms with Crippen LogP contribution in [0.25, 0.3) is 0 Å². The minimum absolute atomic E-state index is 0.00735. The van der Waals surface area contributed by atoms with Crippen molar-refractivity contribution in [3.05, 3.63) is 71.5 Å². The molecule has 0 N–H and O–H groups in total. The van der Waals surface area contributed by atoms with E-state index in [2.05, 4.69) is 0 Å². The Morgan fingerprint density at radius 3 is 2.54 bits per heavy atom. The van der Waals surface area contributed by atoms with E-state index in [1.165, 1.54) is 12.1 Å². The van der Waals surface area contributed by atoms with E-state index < -0.39 is 5.60 Å². The van der Waals surface area contributed by atoms with Crippen LogP contribution in [0.4, 0.5) is 4.39 Å². The number of hydrogen-bond donors (Lipinski definition) is 0. The van der Waals surface area contributed by atoms with Gasteiger partial charge in [-0.3, -0.25) is 4.79 Å². The molecule has 2 aromatic carbocycles. The number of carbonyl (C=O) groups excluding carboxylic acids is 1. The monoisotopic (exact) mass is 355 g/mol. The van der Waals surface area contributed by atoms with Crippen LogP contribution in [0.15, 0.2) is 54.6 Å². The molecule has 1 atom stereocenters. The van der Waals surface area contributed by atoms with E-state index in [0.717, 1.165) is 24.0 Å². The van der Waals surface area contributed by atoms with Gasteiger partial charge in [0, 0.05) is 13.1 Å². The van der Waals surface area contributed by atoms with Crippen molar-refractivity contribution in [2.75, 3.05) is 13.7 Å². The summed E-state index contributed by atoms with van der Waals surface area (Å²) in [6, 6.07) is 16.5. The number of ether oxygens (including phenoxy) is 1. The molecule has 1 aliphatic carbocycles. The lowest BCUT2D eigenvalue weighted by Gasteiger charge is -2.36. The predicted molar refractivity (Wildman–Crippen MR) is 100 cm³/mol. The maximum Gasteiger partial charge on any atom is 0.259 e. The van der Waals surface area contributed by atoms with Crippen LogP contribution in [-0.2, 0) is 21.6 Å². The van der Waals surface area contributed by atoms with Gasteiger partial charge in [-0.1, -0.05) is 49.4 Å². The molecule has 0 heterocycles. The lowest BCUT2D eigenvalue weighted by molar-refractivity contribution is -0.160. The van der Waals surface area contributed by atoms with Crippen LogP contribution in [0.1, 0.15) is 37.3 Å². The van der Waals surface area contributed by atoms with Gasteiger partial charge in [-0.2, -0.15) is 0 Å². The third-order valence-electron chi connectivity index (χ3n) is 5.13. The molecule has 0 saturated heterocycles. The molecule has 1 saturated carbocycles. The number of carbonyl (C=O) groups is 1. The quantitative estimate of drug-likeness (QED) is 0.706. The van der Waals surface area contributed by atoms with Gasteiger partial charge in [-0.15, -0.1) is 0 Å². The van der Waals surface area contributed by atoms with E-state index in [1.807, 2.05) is 55.3 Å². The Morgan fingerprint density at radius 1 is 1.19 bits per heavy atom. The first kappa shape index (κ1) is 18.6. The Labute approximate surface area is 154 Å². The van der Waals surface area contributed by atoms with Gasteiger partial charge in [-0.05, 0) is 48.9 Å². The van der Waals surface area contributed by atoms with Crippen LogP contribution in [0.3, 0.4) is 0 Å². The Morgan fingerprint density at radius 2 is 1.92 bits per heavy atom. The van der Waals surface area contributed by atoms with E-state index in [0.29, 0.717) is 25.5 Å². The number of hydrogen-bond acceptors (Lipinski definition) is 2. The highest BCUT2D eigenvalue weighted by molar-refractivity contribution is 5.87. The Bertz CT molecular complexity index is 745. The molecule has 0 bridgehead atoms. The summed E-state index contributed by atoms with van der Waals surface area (Å²) in [6.45, 7) is 2.34. The van der Waals surface area contributed by atoms with Gasteiger partial charge in [0.15, 0.2) is 5.60 Å². The fourth-order valence-electron chi connectivity index (χ4n) is 3.38. The molecule has 0 spiro atoms. The summed E-state index contributed by atoms with van der Waals surface area (Å²) in [5.74, 6) is -0.246. The first-order valence-corrected chi connectivity index (χ1v) is 9.28. The lowest BCUT2D eigenvalue weighted by atomic mass is 9.89. The number of benzene rings is 2. The Hall–Kier alpha value is -2.20. The van der Waals surface area contributed by atoms with Crippen molar-refractivity contribution in [2.24, 2.45) is 0 Å². The van der Waals surface area contributed by atoms with Crippen molar-refractivity contribution >= 4 is 5.91 Å². The van der Waals surface area contributed by atoms with Gasteiger partial charge in [0.25, 0.3) is 5.91 Å². The lowest BCUT2D eigenvalue weighted by Crippen LogP contribution is -2.48. The van der Waals surface area contributed by atoms with Crippen LogP contribution < -0.4 is 0 Å². The Kier molecular flexibility index (Phi) is 5.72. The van der Waals surface area contributed by atoms with Gasteiger partial charge in [-0.25, -0.2) is 4.39 Å². The second kappa shape index (κ2) is 8.00. The predicted octanol–water partition coefficient (Wildman–Crippen LogP) is 4.31. The molecule has 2 aromatic rings. The summed E-state index contributed by atoms with van der Waals surface area (Å²) in [5.41, 5.74) is 0.747. The van der Waals surface area contributed by atoms with Crippen molar-refractivity contribution in [1.82, 2.24) is 4.90 Å². The van der Waals surface area contributed by atoms with Crippen molar-refractivity contribution in [3.8, 4) is 0 Å². The zero-order valence-corrected chi connectivity index (χ0v) is 15.5. The van der Waals surface area contributed by atoms with Crippen molar-refractivity contribution in [1.29, 1.82) is 0 Å². The standard InChI is InChI=1S/C22H26FNO2/c1-3-22(18-9-5-4-6-10-18,21(25)24(2)20-12-13-20)26-15-14-17-8-7-11-19(23)16-17/h4-11,16,20H,3,12-15H2,1-2H3. The van der Waals surface area contributed by atoms with Crippen molar-refractivity contribution in [3.63, 3.8) is 0 Å². The normalized spacial score (nSPS) is 16.1. The molecule has 0 radical (unpaired) electrons. The van der Waals surface area contributed by atoms with Crippen LogP contribution >= 0.6 is 0 Å². The molecule has 26 heavy (non-hydrogen) atoms. The third-order valence-corrected chi connectivity index (χ3v) is 5.13. The summed E-state index contributed by atoms with van der Waals surface area (Å²) in [4.78, 5) is 15.1. The SMILES string of the molecule is CCC(OCCc1cccc(F)c1)(C(=O)N(C)C1CC1)c1ccccc1. The molecule has 1 aliphatic rings. The van der Waals surface area contributed by atoms with Crippen LogP contribution in [0, 0.1) is 5.82 Å². The van der Waals surface area contributed by atoms with E-state index in [1.54, 1.807) is 6.07 Å². The van der Waals surface area contributed by atoms with Gasteiger partial charge < -0.3 is 9.64 Å². The number of amides is 1. The maximum atomic E-state index is 13.4. The van der Waals surface area contributed by atoms with Gasteiger partial charge >= 0.3 is 0 Å². The number of rotatable bonds is 8. The minimum Gasteiger partial charge on any atom is -0.360 e.